The van der Waals surface area contributed by atoms with Gasteiger partial charge in [0.05, 0.1) is 5.92 Å². The van der Waals surface area contributed by atoms with Crippen molar-refractivity contribution in [3.8, 4) is 0 Å². The summed E-state index contributed by atoms with van der Waals surface area (Å²) in [6.07, 6.45) is 5.51. The molecule has 1 atom stereocenters. The highest BCUT2D eigenvalue weighted by Crippen LogP contribution is 2.34. The van der Waals surface area contributed by atoms with Gasteiger partial charge in [-0.25, -0.2) is 0 Å². The van der Waals surface area contributed by atoms with Gasteiger partial charge in [-0.15, -0.1) is 0 Å². The number of hydrogen-bond acceptors (Lipinski definition) is 4. The number of nitrogens with one attached hydrogen (secondary N) is 1. The second kappa shape index (κ2) is 8.74. The zero-order chi connectivity index (χ0) is 20.1. The molecule has 3 heterocycles. The highest BCUT2D eigenvalue weighted by Gasteiger charge is 2.38. The Bertz CT molecular complexity index is 835. The Morgan fingerprint density at radius 1 is 1.17 bits per heavy atom. The van der Waals surface area contributed by atoms with Crippen LogP contribution in [-0.4, -0.2) is 48.0 Å². The fourth-order valence-electron chi connectivity index (χ4n) is 4.33. The first-order valence-corrected chi connectivity index (χ1v) is 10.2. The zero-order valence-corrected chi connectivity index (χ0v) is 16.5. The smallest absolute Gasteiger partial charge is 0.225 e. The lowest BCUT2D eigenvalue weighted by Crippen LogP contribution is -2.46. The minimum Gasteiger partial charge on any atom is -0.381 e. The van der Waals surface area contributed by atoms with E-state index in [1.54, 1.807) is 17.3 Å². The maximum atomic E-state index is 12.9. The molecule has 2 saturated heterocycles. The maximum Gasteiger partial charge on any atom is 0.225 e. The van der Waals surface area contributed by atoms with Crippen molar-refractivity contribution in [3.05, 3.63) is 66.0 Å². The van der Waals surface area contributed by atoms with Gasteiger partial charge in [-0.2, -0.15) is 0 Å². The number of aromatic nitrogens is 1. The lowest BCUT2D eigenvalue weighted by molar-refractivity contribution is -0.129. The number of carbonyl (C=O) groups excluding carboxylic acids is 2. The molecule has 0 radical (unpaired) electrons. The topological polar surface area (TPSA) is 71.5 Å². The molecule has 2 fully saturated rings. The number of hydrogen-bond donors (Lipinski definition) is 1. The molecule has 0 saturated carbocycles. The molecule has 2 aliphatic heterocycles. The number of carbonyl (C=O) groups is 2. The summed E-state index contributed by atoms with van der Waals surface area (Å²) in [5, 5.41) is 3.15. The Balaban J connectivity index is 1.38. The van der Waals surface area contributed by atoms with Crippen molar-refractivity contribution >= 4 is 11.8 Å². The molecular weight excluding hydrogens is 366 g/mol. The molecule has 0 bridgehead atoms. The number of likely N-dealkylation sites (tertiary alicyclic amines) is 1. The molecule has 2 amide bonds. The van der Waals surface area contributed by atoms with Crippen molar-refractivity contribution in [1.29, 1.82) is 0 Å². The molecule has 152 valence electrons. The summed E-state index contributed by atoms with van der Waals surface area (Å²) in [5.74, 6) is -0.307. The highest BCUT2D eigenvalue weighted by molar-refractivity contribution is 5.89. The number of benzene rings is 1. The second-order valence-electron chi connectivity index (χ2n) is 8.01. The molecular formula is C23H27N3O3. The first kappa shape index (κ1) is 19.6. The number of nitrogens with zero attached hydrogens (tertiary/aromatic N) is 2. The molecule has 1 N–H and O–H groups in total. The minimum atomic E-state index is -0.299. The van der Waals surface area contributed by atoms with Gasteiger partial charge in [0.2, 0.25) is 11.8 Å². The van der Waals surface area contributed by atoms with E-state index >= 15 is 0 Å². The number of ether oxygens (including phenoxy) is 1. The molecule has 6 nitrogen and oxygen atoms in total. The van der Waals surface area contributed by atoms with Crippen molar-refractivity contribution in [2.45, 2.75) is 31.2 Å². The van der Waals surface area contributed by atoms with Crippen molar-refractivity contribution in [3.63, 3.8) is 0 Å². The van der Waals surface area contributed by atoms with Gasteiger partial charge in [-0.05, 0) is 30.0 Å². The van der Waals surface area contributed by atoms with E-state index < -0.39 is 0 Å². The van der Waals surface area contributed by atoms with E-state index in [0.29, 0.717) is 32.8 Å². The summed E-state index contributed by atoms with van der Waals surface area (Å²) >= 11 is 0. The normalized spacial score (nSPS) is 21.2. The van der Waals surface area contributed by atoms with Crippen LogP contribution in [-0.2, 0) is 26.3 Å². The van der Waals surface area contributed by atoms with Crippen LogP contribution < -0.4 is 5.32 Å². The largest absolute Gasteiger partial charge is 0.381 e. The van der Waals surface area contributed by atoms with Crippen LogP contribution in [0.1, 0.15) is 30.4 Å². The molecule has 4 rings (SSSR count). The van der Waals surface area contributed by atoms with Gasteiger partial charge >= 0.3 is 0 Å². The first-order valence-electron chi connectivity index (χ1n) is 10.2. The van der Waals surface area contributed by atoms with Crippen LogP contribution in [0, 0.1) is 5.92 Å². The van der Waals surface area contributed by atoms with Gasteiger partial charge in [0.1, 0.15) is 0 Å². The molecule has 29 heavy (non-hydrogen) atoms. The third-order valence-electron chi connectivity index (χ3n) is 6.12. The molecule has 0 aliphatic carbocycles. The molecule has 1 unspecified atom stereocenters. The Morgan fingerprint density at radius 2 is 1.97 bits per heavy atom. The third-order valence-corrected chi connectivity index (χ3v) is 6.12. The minimum absolute atomic E-state index is 0.0258. The van der Waals surface area contributed by atoms with E-state index in [2.05, 4.69) is 22.4 Å². The Kier molecular flexibility index (Phi) is 5.90. The highest BCUT2D eigenvalue weighted by atomic mass is 16.5. The van der Waals surface area contributed by atoms with E-state index in [9.17, 15) is 9.59 Å². The van der Waals surface area contributed by atoms with E-state index in [4.69, 9.17) is 4.74 Å². The van der Waals surface area contributed by atoms with Crippen LogP contribution in [0.5, 0.6) is 0 Å². The van der Waals surface area contributed by atoms with Gasteiger partial charge in [0.25, 0.3) is 0 Å². The van der Waals surface area contributed by atoms with Crippen molar-refractivity contribution in [2.75, 3.05) is 26.3 Å². The predicted octanol–water partition coefficient (Wildman–Crippen LogP) is 2.29. The zero-order valence-electron chi connectivity index (χ0n) is 16.5. The van der Waals surface area contributed by atoms with Crippen LogP contribution in [0.4, 0.5) is 0 Å². The summed E-state index contributed by atoms with van der Waals surface area (Å²) in [4.78, 5) is 31.1. The summed E-state index contributed by atoms with van der Waals surface area (Å²) in [5.41, 5.74) is 2.11. The Morgan fingerprint density at radius 3 is 2.69 bits per heavy atom. The van der Waals surface area contributed by atoms with Gasteiger partial charge in [0, 0.05) is 57.1 Å². The average Bonchev–Trinajstić information content (AvgIpc) is 3.14. The lowest BCUT2D eigenvalue weighted by Gasteiger charge is -2.38. The van der Waals surface area contributed by atoms with E-state index in [-0.39, 0.29) is 29.6 Å². The number of pyridine rings is 1. The lowest BCUT2D eigenvalue weighted by atomic mass is 9.74. The fourth-order valence-corrected chi connectivity index (χ4v) is 4.33. The SMILES string of the molecule is O=C(NCC1(c2ccccc2)CCOCC1)C1CC(=O)N(Cc2cccnc2)C1. The van der Waals surface area contributed by atoms with Crippen molar-refractivity contribution < 1.29 is 14.3 Å². The molecule has 0 spiro atoms. The second-order valence-corrected chi connectivity index (χ2v) is 8.01. The van der Waals surface area contributed by atoms with Gasteiger partial charge in [-0.1, -0.05) is 36.4 Å². The van der Waals surface area contributed by atoms with E-state index in [1.165, 1.54) is 5.56 Å². The van der Waals surface area contributed by atoms with Crippen LogP contribution in [0.25, 0.3) is 0 Å². The van der Waals surface area contributed by atoms with E-state index in [0.717, 1.165) is 18.4 Å². The monoisotopic (exact) mass is 393 g/mol. The Labute approximate surface area is 171 Å². The fraction of sp³-hybridized carbons (Fsp3) is 0.435. The predicted molar refractivity (Wildman–Crippen MR) is 109 cm³/mol. The molecule has 2 aliphatic rings. The molecule has 6 heteroatoms. The van der Waals surface area contributed by atoms with Crippen LogP contribution in [0.2, 0.25) is 0 Å². The average molecular weight is 393 g/mol. The van der Waals surface area contributed by atoms with E-state index in [1.807, 2.05) is 30.3 Å². The standard InChI is InChI=1S/C23H27N3O3/c27-21-13-19(16-26(21)15-18-5-4-10-24-14-18)22(28)25-17-23(8-11-29-12-9-23)20-6-2-1-3-7-20/h1-7,10,14,19H,8-9,11-13,15-17H2,(H,25,28). The summed E-state index contributed by atoms with van der Waals surface area (Å²) in [7, 11) is 0. The maximum absolute atomic E-state index is 12.9. The van der Waals surface area contributed by atoms with Crippen LogP contribution in [0.3, 0.4) is 0 Å². The molecule has 1 aromatic heterocycles. The summed E-state index contributed by atoms with van der Waals surface area (Å²) < 4.78 is 5.57. The summed E-state index contributed by atoms with van der Waals surface area (Å²) in [6.45, 7) is 2.94. The third kappa shape index (κ3) is 4.48. The first-order chi connectivity index (χ1) is 14.2. The van der Waals surface area contributed by atoms with Gasteiger partial charge < -0.3 is 15.0 Å². The summed E-state index contributed by atoms with van der Waals surface area (Å²) in [6, 6.07) is 14.2. The van der Waals surface area contributed by atoms with Gasteiger partial charge in [0.15, 0.2) is 0 Å². The van der Waals surface area contributed by atoms with Crippen molar-refractivity contribution in [2.24, 2.45) is 5.92 Å². The number of amides is 2. The molecule has 1 aromatic carbocycles. The van der Waals surface area contributed by atoms with Gasteiger partial charge in [-0.3, -0.25) is 14.6 Å². The van der Waals surface area contributed by atoms with Crippen molar-refractivity contribution in [1.82, 2.24) is 15.2 Å². The van der Waals surface area contributed by atoms with Crippen LogP contribution in [0.15, 0.2) is 54.9 Å². The quantitative estimate of drug-likeness (QED) is 0.817. The molecule has 2 aromatic rings. The Hall–Kier alpha value is -2.73. The number of rotatable bonds is 6. The van der Waals surface area contributed by atoms with Crippen LogP contribution >= 0.6 is 0 Å².